The molecule has 36 heavy (non-hydrogen) atoms. The summed E-state index contributed by atoms with van der Waals surface area (Å²) in [7, 11) is 0. The van der Waals surface area contributed by atoms with Crippen LogP contribution in [0.5, 0.6) is 0 Å². The van der Waals surface area contributed by atoms with Crippen LogP contribution in [-0.4, -0.2) is 66.6 Å². The molecule has 1 amide bonds. The second-order valence-electron chi connectivity index (χ2n) is 8.44. The number of thioether (sulfide) groups is 1. The molecular formula is C26H31N4O5S+. The van der Waals surface area contributed by atoms with Gasteiger partial charge in [0.05, 0.1) is 54.3 Å². The summed E-state index contributed by atoms with van der Waals surface area (Å²) in [4.78, 5) is 44.4. The first-order valence-corrected chi connectivity index (χ1v) is 13.1. The minimum Gasteiger partial charge on any atom is -0.462 e. The number of nitrogens with zero attached hydrogens (tertiary/aromatic N) is 2. The summed E-state index contributed by atoms with van der Waals surface area (Å²) < 4.78 is 12.2. The first kappa shape index (κ1) is 25.9. The van der Waals surface area contributed by atoms with Gasteiger partial charge in [-0.05, 0) is 31.2 Å². The van der Waals surface area contributed by atoms with Gasteiger partial charge in [0.1, 0.15) is 13.1 Å². The number of aromatic nitrogens is 2. The Morgan fingerprint density at radius 3 is 2.69 bits per heavy atom. The molecule has 1 fully saturated rings. The second-order valence-corrected chi connectivity index (χ2v) is 9.38. The minimum absolute atomic E-state index is 0.0383. The van der Waals surface area contributed by atoms with Crippen molar-refractivity contribution in [1.29, 1.82) is 0 Å². The van der Waals surface area contributed by atoms with Crippen molar-refractivity contribution in [1.82, 2.24) is 9.55 Å². The lowest BCUT2D eigenvalue weighted by Gasteiger charge is -2.24. The first-order chi connectivity index (χ1) is 17.6. The number of esters is 1. The van der Waals surface area contributed by atoms with Crippen molar-refractivity contribution in [3.05, 3.63) is 64.4 Å². The number of amides is 1. The van der Waals surface area contributed by atoms with E-state index in [1.165, 1.54) is 16.7 Å². The molecule has 0 unspecified atom stereocenters. The zero-order chi connectivity index (χ0) is 25.3. The number of hydrogen-bond donors (Lipinski definition) is 2. The Morgan fingerprint density at radius 2 is 1.89 bits per heavy atom. The topological polar surface area (TPSA) is 104 Å². The van der Waals surface area contributed by atoms with Crippen LogP contribution in [-0.2, 0) is 20.8 Å². The van der Waals surface area contributed by atoms with E-state index in [0.717, 1.165) is 39.3 Å². The van der Waals surface area contributed by atoms with E-state index in [0.29, 0.717) is 33.9 Å². The summed E-state index contributed by atoms with van der Waals surface area (Å²) in [6.07, 6.45) is 0.821. The second kappa shape index (κ2) is 12.7. The highest BCUT2D eigenvalue weighted by atomic mass is 32.2. The molecule has 0 bridgehead atoms. The van der Waals surface area contributed by atoms with Gasteiger partial charge in [-0.25, -0.2) is 9.78 Å². The van der Waals surface area contributed by atoms with Crippen molar-refractivity contribution < 1.29 is 24.0 Å². The molecule has 1 saturated heterocycles. The predicted molar refractivity (Wildman–Crippen MR) is 139 cm³/mol. The van der Waals surface area contributed by atoms with E-state index in [4.69, 9.17) is 14.5 Å². The Hall–Kier alpha value is -3.21. The monoisotopic (exact) mass is 511 g/mol. The van der Waals surface area contributed by atoms with Crippen LogP contribution in [0.1, 0.15) is 23.7 Å². The van der Waals surface area contributed by atoms with Crippen molar-refractivity contribution >= 4 is 40.2 Å². The lowest BCUT2D eigenvalue weighted by Crippen LogP contribution is -3.14. The van der Waals surface area contributed by atoms with Crippen molar-refractivity contribution in [3.8, 4) is 0 Å². The Balaban J connectivity index is 1.47. The van der Waals surface area contributed by atoms with Crippen LogP contribution in [0.3, 0.4) is 0 Å². The van der Waals surface area contributed by atoms with E-state index in [1.807, 2.05) is 12.1 Å². The highest BCUT2D eigenvalue weighted by Crippen LogP contribution is 2.20. The number of fused-ring (bicyclic) bond motifs is 1. The zero-order valence-electron chi connectivity index (χ0n) is 20.3. The molecule has 1 aliphatic rings. The first-order valence-electron chi connectivity index (χ1n) is 12.2. The molecule has 0 aliphatic carbocycles. The highest BCUT2D eigenvalue weighted by molar-refractivity contribution is 7.99. The summed E-state index contributed by atoms with van der Waals surface area (Å²) in [5, 5.41) is 3.85. The Kier molecular flexibility index (Phi) is 9.10. The minimum atomic E-state index is -0.492. The molecule has 190 valence electrons. The van der Waals surface area contributed by atoms with Gasteiger partial charge >= 0.3 is 5.97 Å². The molecular weight excluding hydrogens is 480 g/mol. The van der Waals surface area contributed by atoms with Gasteiger partial charge in [0.25, 0.3) is 5.56 Å². The average molecular weight is 512 g/mol. The van der Waals surface area contributed by atoms with Gasteiger partial charge in [-0.15, -0.1) is 0 Å². The third kappa shape index (κ3) is 6.51. The molecule has 3 aromatic rings. The third-order valence-corrected chi connectivity index (χ3v) is 6.94. The number of benzene rings is 2. The maximum atomic E-state index is 13.3. The van der Waals surface area contributed by atoms with Gasteiger partial charge in [-0.2, -0.15) is 0 Å². The maximum Gasteiger partial charge on any atom is 0.340 e. The number of para-hydroxylation sites is 2. The normalized spacial score (nSPS) is 14.0. The summed E-state index contributed by atoms with van der Waals surface area (Å²) in [5.41, 5.74) is 1.18. The molecule has 1 aromatic heterocycles. The van der Waals surface area contributed by atoms with Crippen LogP contribution >= 0.6 is 11.8 Å². The van der Waals surface area contributed by atoms with Crippen molar-refractivity contribution in [2.24, 2.45) is 0 Å². The Morgan fingerprint density at radius 1 is 1.14 bits per heavy atom. The summed E-state index contributed by atoms with van der Waals surface area (Å²) >= 11 is 1.21. The van der Waals surface area contributed by atoms with E-state index in [1.54, 1.807) is 47.9 Å². The molecule has 0 atom stereocenters. The van der Waals surface area contributed by atoms with Gasteiger partial charge in [-0.3, -0.25) is 14.2 Å². The summed E-state index contributed by atoms with van der Waals surface area (Å²) in [6, 6.07) is 14.0. The molecule has 2 heterocycles. The molecule has 0 saturated carbocycles. The third-order valence-electron chi connectivity index (χ3n) is 5.97. The predicted octanol–water partition coefficient (Wildman–Crippen LogP) is 1.61. The quantitative estimate of drug-likeness (QED) is 0.242. The number of morpholine rings is 1. The van der Waals surface area contributed by atoms with Crippen molar-refractivity contribution in [2.45, 2.75) is 25.0 Å². The SMILES string of the molecule is CCOC(=O)c1ccccc1NC(=O)CSc1nc2ccccc2c(=O)n1CCC[NH+]1CCOCC1. The molecule has 2 N–H and O–H groups in total. The summed E-state index contributed by atoms with van der Waals surface area (Å²) in [6.45, 7) is 6.92. The van der Waals surface area contributed by atoms with Gasteiger partial charge in [0.15, 0.2) is 5.16 Å². The lowest BCUT2D eigenvalue weighted by molar-refractivity contribution is -0.908. The maximum absolute atomic E-state index is 13.3. The van der Waals surface area contributed by atoms with E-state index in [-0.39, 0.29) is 23.8 Å². The van der Waals surface area contributed by atoms with Crippen LogP contribution in [0.25, 0.3) is 10.9 Å². The fourth-order valence-electron chi connectivity index (χ4n) is 4.15. The van der Waals surface area contributed by atoms with Crippen LogP contribution in [0.4, 0.5) is 5.69 Å². The molecule has 0 radical (unpaired) electrons. The molecule has 4 rings (SSSR count). The zero-order valence-corrected chi connectivity index (χ0v) is 21.1. The van der Waals surface area contributed by atoms with E-state index in [2.05, 4.69) is 5.32 Å². The van der Waals surface area contributed by atoms with E-state index >= 15 is 0 Å². The van der Waals surface area contributed by atoms with Crippen LogP contribution in [0.2, 0.25) is 0 Å². The lowest BCUT2D eigenvalue weighted by atomic mass is 10.2. The van der Waals surface area contributed by atoms with Crippen molar-refractivity contribution in [3.63, 3.8) is 0 Å². The largest absolute Gasteiger partial charge is 0.462 e. The fourth-order valence-corrected chi connectivity index (χ4v) is 4.97. The highest BCUT2D eigenvalue weighted by Gasteiger charge is 2.18. The van der Waals surface area contributed by atoms with Gasteiger partial charge in [0.2, 0.25) is 5.91 Å². The summed E-state index contributed by atoms with van der Waals surface area (Å²) in [5.74, 6) is -0.756. The van der Waals surface area contributed by atoms with E-state index < -0.39 is 5.97 Å². The number of nitrogens with one attached hydrogen (secondary N) is 2. The molecule has 9 nitrogen and oxygen atoms in total. The molecule has 2 aromatic carbocycles. The van der Waals surface area contributed by atoms with Gasteiger partial charge in [-0.1, -0.05) is 36.0 Å². The van der Waals surface area contributed by atoms with Gasteiger partial charge < -0.3 is 19.7 Å². The average Bonchev–Trinajstić information content (AvgIpc) is 2.90. The number of carbonyl (C=O) groups is 2. The number of carbonyl (C=O) groups excluding carboxylic acids is 2. The smallest absolute Gasteiger partial charge is 0.340 e. The van der Waals surface area contributed by atoms with E-state index in [9.17, 15) is 14.4 Å². The van der Waals surface area contributed by atoms with Gasteiger partial charge in [0, 0.05) is 13.0 Å². The van der Waals surface area contributed by atoms with Crippen LogP contribution in [0, 0.1) is 0 Å². The van der Waals surface area contributed by atoms with Crippen LogP contribution < -0.4 is 15.8 Å². The fraction of sp³-hybridized carbons (Fsp3) is 0.385. The number of hydrogen-bond acceptors (Lipinski definition) is 7. The van der Waals surface area contributed by atoms with Crippen LogP contribution in [0.15, 0.2) is 58.5 Å². The molecule has 0 spiro atoms. The Labute approximate surface area is 213 Å². The standard InChI is InChI=1S/C26H30N4O5S/c1-2-35-25(33)20-9-4-6-11-22(20)27-23(31)18-36-26-28-21-10-5-3-8-19(21)24(32)30(26)13-7-12-29-14-16-34-17-15-29/h3-6,8-11H,2,7,12-18H2,1H3,(H,27,31)/p+1. The molecule has 10 heteroatoms. The number of ether oxygens (including phenoxy) is 2. The number of quaternary nitrogens is 1. The molecule has 1 aliphatic heterocycles. The van der Waals surface area contributed by atoms with Crippen molar-refractivity contribution in [2.75, 3.05) is 50.5 Å². The number of anilines is 1. The number of rotatable bonds is 10. The Bertz CT molecular complexity index is 1270.